The lowest BCUT2D eigenvalue weighted by Gasteiger charge is -2.26. The van der Waals surface area contributed by atoms with E-state index in [9.17, 15) is 13.2 Å². The summed E-state index contributed by atoms with van der Waals surface area (Å²) in [6.45, 7) is 6.50. The fourth-order valence-corrected chi connectivity index (χ4v) is 3.85. The molecule has 1 aromatic heterocycles. The Kier molecular flexibility index (Phi) is 7.89. The number of hydrogen-bond donors (Lipinski definition) is 2. The van der Waals surface area contributed by atoms with Crippen molar-refractivity contribution in [2.45, 2.75) is 33.0 Å². The van der Waals surface area contributed by atoms with Crippen LogP contribution in [0.5, 0.6) is 0 Å². The van der Waals surface area contributed by atoms with Crippen LogP contribution in [0.4, 0.5) is 13.2 Å². The first-order valence-corrected chi connectivity index (χ1v) is 10.6. The fraction of sp³-hybridized carbons (Fsp3) is 0.571. The standard InChI is InChI=1S/C21H30F3N7/c1-3-25-20(26-11-16-6-5-7-18(10-16)19-27-15-28-29-19)31-9-8-17(13-31)12-30(4-2)14-21(22,23)24/h5-7,10,15,17H,3-4,8-9,11-14H2,1-2H3,(H,25,26)(H,27,28,29). The number of aromatic amines is 1. The normalized spacial score (nSPS) is 17.5. The number of nitrogens with zero attached hydrogens (tertiary/aromatic N) is 5. The summed E-state index contributed by atoms with van der Waals surface area (Å²) in [7, 11) is 0. The number of rotatable bonds is 8. The molecule has 0 radical (unpaired) electrons. The van der Waals surface area contributed by atoms with Gasteiger partial charge in [0.1, 0.15) is 6.33 Å². The molecule has 2 heterocycles. The number of guanidine groups is 1. The summed E-state index contributed by atoms with van der Waals surface area (Å²) in [5, 5.41) is 10.1. The average Bonchev–Trinajstić information content (AvgIpc) is 3.42. The Balaban J connectivity index is 1.62. The first-order chi connectivity index (χ1) is 14.9. The maximum absolute atomic E-state index is 12.8. The van der Waals surface area contributed by atoms with Gasteiger partial charge in [-0.3, -0.25) is 10.00 Å². The molecular weight excluding hydrogens is 407 g/mol. The Morgan fingerprint density at radius 3 is 2.87 bits per heavy atom. The van der Waals surface area contributed by atoms with E-state index in [4.69, 9.17) is 4.99 Å². The van der Waals surface area contributed by atoms with E-state index >= 15 is 0 Å². The lowest BCUT2D eigenvalue weighted by Crippen LogP contribution is -2.41. The lowest BCUT2D eigenvalue weighted by molar-refractivity contribution is -0.146. The van der Waals surface area contributed by atoms with Gasteiger partial charge in [-0.1, -0.05) is 25.1 Å². The Bertz CT molecular complexity index is 836. The summed E-state index contributed by atoms with van der Waals surface area (Å²) < 4.78 is 38.3. The second-order valence-electron chi connectivity index (χ2n) is 7.75. The minimum absolute atomic E-state index is 0.195. The van der Waals surface area contributed by atoms with Crippen molar-refractivity contribution >= 4 is 5.96 Å². The second-order valence-corrected chi connectivity index (χ2v) is 7.75. The maximum atomic E-state index is 12.8. The molecule has 1 aliphatic rings. The first kappa shape index (κ1) is 23.1. The first-order valence-electron chi connectivity index (χ1n) is 10.6. The molecule has 2 aromatic rings. The molecule has 0 bridgehead atoms. The van der Waals surface area contributed by atoms with Gasteiger partial charge in [0, 0.05) is 31.7 Å². The van der Waals surface area contributed by atoms with Crippen LogP contribution in [-0.2, 0) is 6.54 Å². The summed E-state index contributed by atoms with van der Waals surface area (Å²) in [6.07, 6.45) is -1.83. The van der Waals surface area contributed by atoms with E-state index in [0.717, 1.165) is 36.6 Å². The molecule has 1 atom stereocenters. The molecule has 170 valence electrons. The van der Waals surface area contributed by atoms with Gasteiger partial charge in [-0.05, 0) is 37.4 Å². The molecular formula is C21H30F3N7. The average molecular weight is 438 g/mol. The van der Waals surface area contributed by atoms with E-state index in [1.165, 1.54) is 11.2 Å². The molecule has 31 heavy (non-hydrogen) atoms. The predicted octanol–water partition coefficient (Wildman–Crippen LogP) is 3.14. The van der Waals surface area contributed by atoms with Gasteiger partial charge in [0.25, 0.3) is 0 Å². The van der Waals surface area contributed by atoms with Crippen LogP contribution in [0, 0.1) is 5.92 Å². The van der Waals surface area contributed by atoms with Gasteiger partial charge in [-0.15, -0.1) is 0 Å². The summed E-state index contributed by atoms with van der Waals surface area (Å²) in [5.41, 5.74) is 1.99. The van der Waals surface area contributed by atoms with E-state index in [-0.39, 0.29) is 5.92 Å². The zero-order chi connectivity index (χ0) is 22.3. The van der Waals surface area contributed by atoms with Gasteiger partial charge in [0.05, 0.1) is 13.1 Å². The zero-order valence-electron chi connectivity index (χ0n) is 18.0. The Morgan fingerprint density at radius 2 is 2.19 bits per heavy atom. The van der Waals surface area contributed by atoms with E-state index in [1.54, 1.807) is 6.92 Å². The number of aliphatic imine (C=N–C) groups is 1. The summed E-state index contributed by atoms with van der Waals surface area (Å²) in [4.78, 5) is 12.6. The molecule has 0 spiro atoms. The Labute approximate surface area is 180 Å². The van der Waals surface area contributed by atoms with Crippen molar-refractivity contribution in [3.05, 3.63) is 36.2 Å². The fourth-order valence-electron chi connectivity index (χ4n) is 3.85. The minimum Gasteiger partial charge on any atom is -0.357 e. The highest BCUT2D eigenvalue weighted by Crippen LogP contribution is 2.22. The molecule has 7 nitrogen and oxygen atoms in total. The van der Waals surface area contributed by atoms with Crippen LogP contribution in [0.25, 0.3) is 11.4 Å². The van der Waals surface area contributed by atoms with Crippen LogP contribution in [0.2, 0.25) is 0 Å². The maximum Gasteiger partial charge on any atom is 0.401 e. The van der Waals surface area contributed by atoms with Gasteiger partial charge < -0.3 is 10.2 Å². The SMILES string of the molecule is CCNC(=NCc1cccc(-c2ncn[nH]2)c1)N1CCC(CN(CC)CC(F)(F)F)C1. The third kappa shape index (κ3) is 6.95. The topological polar surface area (TPSA) is 72.4 Å². The molecule has 0 aliphatic carbocycles. The van der Waals surface area contributed by atoms with Crippen molar-refractivity contribution in [1.29, 1.82) is 0 Å². The van der Waals surface area contributed by atoms with Gasteiger partial charge >= 0.3 is 6.18 Å². The van der Waals surface area contributed by atoms with Crippen LogP contribution < -0.4 is 5.32 Å². The number of benzene rings is 1. The van der Waals surface area contributed by atoms with Gasteiger partial charge in [-0.2, -0.15) is 18.3 Å². The number of alkyl halides is 3. The predicted molar refractivity (Wildman–Crippen MR) is 114 cm³/mol. The van der Waals surface area contributed by atoms with Crippen LogP contribution >= 0.6 is 0 Å². The van der Waals surface area contributed by atoms with Crippen LogP contribution in [0.3, 0.4) is 0 Å². The van der Waals surface area contributed by atoms with E-state index in [2.05, 4.69) is 25.4 Å². The molecule has 1 unspecified atom stereocenters. The number of aromatic nitrogens is 3. The number of likely N-dealkylation sites (tertiary alicyclic amines) is 1. The molecule has 1 fully saturated rings. The highest BCUT2D eigenvalue weighted by molar-refractivity contribution is 5.80. The van der Waals surface area contributed by atoms with Gasteiger partial charge in [0.15, 0.2) is 11.8 Å². The van der Waals surface area contributed by atoms with Crippen molar-refractivity contribution in [2.75, 3.05) is 39.3 Å². The van der Waals surface area contributed by atoms with Gasteiger partial charge in [-0.25, -0.2) is 9.98 Å². The monoisotopic (exact) mass is 437 g/mol. The third-order valence-corrected chi connectivity index (χ3v) is 5.31. The highest BCUT2D eigenvalue weighted by Gasteiger charge is 2.33. The second kappa shape index (κ2) is 10.6. The van der Waals surface area contributed by atoms with Gasteiger partial charge in [0.2, 0.25) is 0 Å². The molecule has 1 saturated heterocycles. The van der Waals surface area contributed by atoms with Crippen LogP contribution in [0.15, 0.2) is 35.6 Å². The van der Waals surface area contributed by atoms with E-state index in [0.29, 0.717) is 32.0 Å². The molecule has 0 amide bonds. The molecule has 3 rings (SSSR count). The van der Waals surface area contributed by atoms with Crippen molar-refractivity contribution in [3.8, 4) is 11.4 Å². The summed E-state index contributed by atoms with van der Waals surface area (Å²) in [5.74, 6) is 1.70. The van der Waals surface area contributed by atoms with Crippen LogP contribution in [0.1, 0.15) is 25.8 Å². The molecule has 0 saturated carbocycles. The van der Waals surface area contributed by atoms with Crippen molar-refractivity contribution < 1.29 is 13.2 Å². The number of hydrogen-bond acceptors (Lipinski definition) is 4. The summed E-state index contributed by atoms with van der Waals surface area (Å²) in [6, 6.07) is 7.96. The summed E-state index contributed by atoms with van der Waals surface area (Å²) >= 11 is 0. The van der Waals surface area contributed by atoms with Crippen molar-refractivity contribution in [3.63, 3.8) is 0 Å². The van der Waals surface area contributed by atoms with E-state index < -0.39 is 12.7 Å². The number of halogens is 3. The van der Waals surface area contributed by atoms with E-state index in [1.807, 2.05) is 31.2 Å². The third-order valence-electron chi connectivity index (χ3n) is 5.31. The smallest absolute Gasteiger partial charge is 0.357 e. The Hall–Kier alpha value is -2.62. The molecule has 1 aliphatic heterocycles. The van der Waals surface area contributed by atoms with Crippen molar-refractivity contribution in [2.24, 2.45) is 10.9 Å². The molecule has 10 heteroatoms. The number of H-pyrrole nitrogens is 1. The molecule has 2 N–H and O–H groups in total. The number of nitrogens with one attached hydrogen (secondary N) is 2. The largest absolute Gasteiger partial charge is 0.401 e. The lowest BCUT2D eigenvalue weighted by atomic mass is 10.1. The molecule has 1 aromatic carbocycles. The van der Waals surface area contributed by atoms with Crippen molar-refractivity contribution in [1.82, 2.24) is 30.3 Å². The van der Waals surface area contributed by atoms with Crippen LogP contribution in [-0.4, -0.2) is 76.4 Å². The Morgan fingerprint density at radius 1 is 1.35 bits per heavy atom. The highest BCUT2D eigenvalue weighted by atomic mass is 19.4. The zero-order valence-corrected chi connectivity index (χ0v) is 18.0. The quantitative estimate of drug-likeness (QED) is 0.490. The minimum atomic E-state index is -4.16.